The Morgan fingerprint density at radius 3 is 2.65 bits per heavy atom. The number of hydrogen-bond acceptors (Lipinski definition) is 4. The van der Waals surface area contributed by atoms with Crippen LogP contribution in [0.4, 0.5) is 5.69 Å². The van der Waals surface area contributed by atoms with Gasteiger partial charge in [0.05, 0.1) is 5.69 Å². The summed E-state index contributed by atoms with van der Waals surface area (Å²) in [5.41, 5.74) is 0.915. The lowest BCUT2D eigenvalue weighted by atomic mass is 10.1. The monoisotopic (exact) mass is 337 g/mol. The average molecular weight is 337 g/mol. The molecular weight excluding hydrogens is 314 g/mol. The molecule has 1 aliphatic rings. The highest BCUT2D eigenvalue weighted by atomic mass is 32.2. The predicted molar refractivity (Wildman–Crippen MR) is 91.6 cm³/mol. The molecule has 0 fully saturated rings. The molecule has 0 bridgehead atoms. The molecule has 0 saturated carbocycles. The van der Waals surface area contributed by atoms with Gasteiger partial charge in [0.15, 0.2) is 0 Å². The SMILES string of the molecule is CCCN1C(C)=NS(=O)(=O)c2cc(C(=O)N[C@H](C)CC)ccc21. The highest BCUT2D eigenvalue weighted by molar-refractivity contribution is 7.90. The number of rotatable bonds is 5. The van der Waals surface area contributed by atoms with Crippen molar-refractivity contribution in [3.05, 3.63) is 23.8 Å². The van der Waals surface area contributed by atoms with E-state index in [4.69, 9.17) is 0 Å². The fourth-order valence-corrected chi connectivity index (χ4v) is 3.71. The lowest BCUT2D eigenvalue weighted by molar-refractivity contribution is 0.0939. The van der Waals surface area contributed by atoms with E-state index < -0.39 is 10.0 Å². The van der Waals surface area contributed by atoms with Crippen LogP contribution in [0.2, 0.25) is 0 Å². The highest BCUT2D eigenvalue weighted by Crippen LogP contribution is 2.32. The molecule has 1 amide bonds. The molecule has 7 heteroatoms. The van der Waals surface area contributed by atoms with Gasteiger partial charge in [0.25, 0.3) is 15.9 Å². The van der Waals surface area contributed by atoms with Gasteiger partial charge < -0.3 is 10.2 Å². The molecule has 6 nitrogen and oxygen atoms in total. The largest absolute Gasteiger partial charge is 0.350 e. The number of nitrogens with one attached hydrogen (secondary N) is 1. The van der Waals surface area contributed by atoms with Gasteiger partial charge >= 0.3 is 0 Å². The number of benzene rings is 1. The van der Waals surface area contributed by atoms with Gasteiger partial charge in [-0.25, -0.2) is 0 Å². The van der Waals surface area contributed by atoms with Crippen molar-refractivity contribution in [1.29, 1.82) is 0 Å². The second-order valence-corrected chi connectivity index (χ2v) is 7.30. The maximum atomic E-state index is 12.3. The highest BCUT2D eigenvalue weighted by Gasteiger charge is 2.29. The molecule has 0 unspecified atom stereocenters. The Kier molecular flexibility index (Phi) is 5.09. The van der Waals surface area contributed by atoms with Gasteiger partial charge in [-0.1, -0.05) is 13.8 Å². The van der Waals surface area contributed by atoms with Crippen LogP contribution >= 0.6 is 0 Å². The van der Waals surface area contributed by atoms with Gasteiger partial charge in [0.1, 0.15) is 10.7 Å². The number of fused-ring (bicyclic) bond motifs is 1. The zero-order chi connectivity index (χ0) is 17.2. The first-order chi connectivity index (χ1) is 10.8. The van der Waals surface area contributed by atoms with E-state index in [0.29, 0.717) is 23.6 Å². The summed E-state index contributed by atoms with van der Waals surface area (Å²) in [5.74, 6) is 0.182. The van der Waals surface area contributed by atoms with Crippen LogP contribution in [-0.2, 0) is 10.0 Å². The summed E-state index contributed by atoms with van der Waals surface area (Å²) >= 11 is 0. The second-order valence-electron chi connectivity index (χ2n) is 5.73. The Hall–Kier alpha value is -1.89. The van der Waals surface area contributed by atoms with E-state index in [1.165, 1.54) is 6.07 Å². The maximum absolute atomic E-state index is 12.3. The predicted octanol–water partition coefficient (Wildman–Crippen LogP) is 2.55. The molecule has 0 aromatic heterocycles. The number of amidine groups is 1. The molecule has 0 aliphatic carbocycles. The molecular formula is C16H23N3O3S. The van der Waals surface area contributed by atoms with Crippen LogP contribution in [0.5, 0.6) is 0 Å². The minimum absolute atomic E-state index is 0.0343. The first kappa shape index (κ1) is 17.5. The fourth-order valence-electron chi connectivity index (χ4n) is 2.45. The Morgan fingerprint density at radius 2 is 2.04 bits per heavy atom. The summed E-state index contributed by atoms with van der Waals surface area (Å²) in [5, 5.41) is 2.84. The summed E-state index contributed by atoms with van der Waals surface area (Å²) in [6, 6.07) is 4.80. The number of amides is 1. The van der Waals surface area contributed by atoms with Gasteiger partial charge in [0, 0.05) is 18.2 Å². The quantitative estimate of drug-likeness (QED) is 0.895. The number of nitrogens with zero attached hydrogens (tertiary/aromatic N) is 2. The summed E-state index contributed by atoms with van der Waals surface area (Å²) in [6.07, 6.45) is 1.67. The Balaban J connectivity index is 2.45. The van der Waals surface area contributed by atoms with Crippen molar-refractivity contribution < 1.29 is 13.2 Å². The Labute approximate surface area is 137 Å². The second kappa shape index (κ2) is 6.70. The van der Waals surface area contributed by atoms with Crippen LogP contribution in [0.25, 0.3) is 0 Å². The minimum atomic E-state index is -3.77. The topological polar surface area (TPSA) is 78.8 Å². The third-order valence-corrected chi connectivity index (χ3v) is 5.26. The van der Waals surface area contributed by atoms with Gasteiger partial charge in [0.2, 0.25) is 0 Å². The molecule has 0 saturated heterocycles. The molecule has 126 valence electrons. The minimum Gasteiger partial charge on any atom is -0.350 e. The lowest BCUT2D eigenvalue weighted by Crippen LogP contribution is -2.35. The fraction of sp³-hybridized carbons (Fsp3) is 0.500. The normalized spacial score (nSPS) is 17.2. The van der Waals surface area contributed by atoms with E-state index in [2.05, 4.69) is 9.71 Å². The van der Waals surface area contributed by atoms with Gasteiger partial charge in [-0.05, 0) is 44.9 Å². The molecule has 0 spiro atoms. The number of carbonyl (C=O) groups is 1. The first-order valence-electron chi connectivity index (χ1n) is 7.84. The third-order valence-electron chi connectivity index (χ3n) is 3.87. The van der Waals surface area contributed by atoms with Crippen LogP contribution in [-0.4, -0.2) is 32.7 Å². The number of anilines is 1. The average Bonchev–Trinajstić information content (AvgIpc) is 2.50. The molecule has 1 heterocycles. The molecule has 1 N–H and O–H groups in total. The third kappa shape index (κ3) is 3.55. The van der Waals surface area contributed by atoms with Crippen LogP contribution in [0.1, 0.15) is 50.9 Å². The van der Waals surface area contributed by atoms with E-state index in [-0.39, 0.29) is 16.8 Å². The van der Waals surface area contributed by atoms with Crippen LogP contribution in [0.3, 0.4) is 0 Å². The summed E-state index contributed by atoms with van der Waals surface area (Å²) in [4.78, 5) is 14.2. The molecule has 1 aromatic carbocycles. The van der Waals surface area contributed by atoms with Gasteiger partial charge in [-0.2, -0.15) is 8.42 Å². The van der Waals surface area contributed by atoms with Crippen molar-refractivity contribution in [3.63, 3.8) is 0 Å². The van der Waals surface area contributed by atoms with Gasteiger partial charge in [-0.3, -0.25) is 4.79 Å². The molecule has 23 heavy (non-hydrogen) atoms. The van der Waals surface area contributed by atoms with Crippen molar-refractivity contribution in [3.8, 4) is 0 Å². The molecule has 2 rings (SSSR count). The molecule has 1 aromatic rings. The van der Waals surface area contributed by atoms with Gasteiger partial charge in [-0.15, -0.1) is 4.40 Å². The molecule has 1 atom stereocenters. The van der Waals surface area contributed by atoms with E-state index >= 15 is 0 Å². The van der Waals surface area contributed by atoms with E-state index in [0.717, 1.165) is 12.8 Å². The Bertz CT molecular complexity index is 741. The van der Waals surface area contributed by atoms with E-state index in [9.17, 15) is 13.2 Å². The van der Waals surface area contributed by atoms with Crippen LogP contribution < -0.4 is 10.2 Å². The van der Waals surface area contributed by atoms with E-state index in [1.807, 2.05) is 25.7 Å². The summed E-state index contributed by atoms with van der Waals surface area (Å²) in [6.45, 7) is 8.26. The molecule has 0 radical (unpaired) electrons. The zero-order valence-electron chi connectivity index (χ0n) is 14.0. The van der Waals surface area contributed by atoms with Crippen molar-refractivity contribution in [2.24, 2.45) is 4.40 Å². The van der Waals surface area contributed by atoms with E-state index in [1.54, 1.807) is 19.1 Å². The number of hydrogen-bond donors (Lipinski definition) is 1. The standard InChI is InChI=1S/C16H23N3O3S/c1-5-9-19-12(4)18-23(21,22)15-10-13(7-8-14(15)19)16(20)17-11(3)6-2/h7-8,10-11H,5-6,9H2,1-4H3,(H,17,20)/t11-/m1/s1. The van der Waals surface area contributed by atoms with Crippen molar-refractivity contribution in [2.75, 3.05) is 11.4 Å². The molecule has 1 aliphatic heterocycles. The number of sulfonamides is 1. The smallest absolute Gasteiger partial charge is 0.286 e. The van der Waals surface area contributed by atoms with Crippen LogP contribution in [0.15, 0.2) is 27.5 Å². The van der Waals surface area contributed by atoms with Crippen LogP contribution in [0, 0.1) is 0 Å². The summed E-state index contributed by atoms with van der Waals surface area (Å²) in [7, 11) is -3.77. The summed E-state index contributed by atoms with van der Waals surface area (Å²) < 4.78 is 28.5. The Morgan fingerprint density at radius 1 is 1.35 bits per heavy atom. The first-order valence-corrected chi connectivity index (χ1v) is 9.28. The number of carbonyl (C=O) groups excluding carboxylic acids is 1. The lowest BCUT2D eigenvalue weighted by Gasteiger charge is -2.29. The van der Waals surface area contributed by atoms with Crippen molar-refractivity contribution in [1.82, 2.24) is 5.32 Å². The maximum Gasteiger partial charge on any atom is 0.286 e. The van der Waals surface area contributed by atoms with Crippen molar-refractivity contribution >= 4 is 27.5 Å². The van der Waals surface area contributed by atoms with Crippen molar-refractivity contribution in [2.45, 2.75) is 51.5 Å². The zero-order valence-corrected chi connectivity index (χ0v) is 14.8.